The molecule has 3 aromatic rings. The van der Waals surface area contributed by atoms with Gasteiger partial charge < -0.3 is 9.84 Å². The topological polar surface area (TPSA) is 81.1 Å². The number of nitrogens with zero attached hydrogens (tertiary/aromatic N) is 5. The lowest BCUT2D eigenvalue weighted by Gasteiger charge is -2.30. The predicted molar refractivity (Wildman–Crippen MR) is 101 cm³/mol. The fraction of sp³-hybridized carbons (Fsp3) is 0.471. The molecule has 0 amide bonds. The third-order valence-corrected chi connectivity index (χ3v) is 4.83. The summed E-state index contributed by atoms with van der Waals surface area (Å²) in [7, 11) is 2.06. The summed E-state index contributed by atoms with van der Waals surface area (Å²) in [5, 5.41) is 7.48. The summed E-state index contributed by atoms with van der Waals surface area (Å²) in [6, 6.07) is 7.87. The lowest BCUT2D eigenvalue weighted by atomic mass is 10.2. The zero-order valence-electron chi connectivity index (χ0n) is 14.9. The second-order valence-electron chi connectivity index (χ2n) is 6.35. The van der Waals surface area contributed by atoms with Gasteiger partial charge in [0.15, 0.2) is 5.82 Å². The fourth-order valence-electron chi connectivity index (χ4n) is 3.43. The molecule has 1 fully saturated rings. The van der Waals surface area contributed by atoms with Crippen LogP contribution >= 0.6 is 12.4 Å². The van der Waals surface area contributed by atoms with E-state index >= 15 is 0 Å². The van der Waals surface area contributed by atoms with E-state index in [0.29, 0.717) is 18.3 Å². The number of piperazine rings is 1. The van der Waals surface area contributed by atoms with Crippen LogP contribution < -0.4 is 11.0 Å². The van der Waals surface area contributed by atoms with Crippen molar-refractivity contribution < 1.29 is 4.52 Å². The molecule has 0 radical (unpaired) electrons. The van der Waals surface area contributed by atoms with Crippen LogP contribution in [-0.4, -0.2) is 50.9 Å². The largest absolute Gasteiger partial charge is 0.337 e. The van der Waals surface area contributed by atoms with Crippen LogP contribution in [0.4, 0.5) is 0 Å². The molecule has 9 heteroatoms. The van der Waals surface area contributed by atoms with E-state index in [1.807, 2.05) is 31.2 Å². The zero-order valence-corrected chi connectivity index (χ0v) is 15.7. The van der Waals surface area contributed by atoms with E-state index in [0.717, 1.165) is 30.7 Å². The SMILES string of the molecule is CCn1c(=O)n(Cc2nc(C3CNCCN3C)no2)c2ccccc21.Cl. The van der Waals surface area contributed by atoms with E-state index in [9.17, 15) is 4.79 Å². The van der Waals surface area contributed by atoms with Gasteiger partial charge in [0.2, 0.25) is 5.89 Å². The van der Waals surface area contributed by atoms with Crippen molar-refractivity contribution in [1.82, 2.24) is 29.5 Å². The monoisotopic (exact) mass is 378 g/mol. The van der Waals surface area contributed by atoms with E-state index in [1.165, 1.54) is 0 Å². The predicted octanol–water partition coefficient (Wildman–Crippen LogP) is 1.25. The molecular formula is C17H23ClN6O2. The van der Waals surface area contributed by atoms with Gasteiger partial charge in [0.05, 0.1) is 17.1 Å². The van der Waals surface area contributed by atoms with Crippen molar-refractivity contribution in [2.24, 2.45) is 0 Å². The minimum Gasteiger partial charge on any atom is -0.337 e. The number of aryl methyl sites for hydroxylation is 1. The van der Waals surface area contributed by atoms with Gasteiger partial charge in [-0.1, -0.05) is 17.3 Å². The molecule has 140 valence electrons. The van der Waals surface area contributed by atoms with Crippen molar-refractivity contribution in [2.45, 2.75) is 26.1 Å². The number of benzene rings is 1. The first-order valence-electron chi connectivity index (χ1n) is 8.60. The Hall–Kier alpha value is -2.16. The summed E-state index contributed by atoms with van der Waals surface area (Å²) < 4.78 is 8.88. The third-order valence-electron chi connectivity index (χ3n) is 4.83. The Morgan fingerprint density at radius 3 is 2.69 bits per heavy atom. The van der Waals surface area contributed by atoms with Crippen LogP contribution in [-0.2, 0) is 13.1 Å². The zero-order chi connectivity index (χ0) is 17.4. The van der Waals surface area contributed by atoms with Crippen LogP contribution in [0, 0.1) is 0 Å². The van der Waals surface area contributed by atoms with Gasteiger partial charge in [0, 0.05) is 26.2 Å². The van der Waals surface area contributed by atoms with Crippen molar-refractivity contribution in [2.75, 3.05) is 26.7 Å². The second kappa shape index (κ2) is 7.61. The van der Waals surface area contributed by atoms with Crippen molar-refractivity contribution in [1.29, 1.82) is 0 Å². The Labute approximate surface area is 157 Å². The van der Waals surface area contributed by atoms with Crippen LogP contribution in [0.1, 0.15) is 24.7 Å². The molecule has 2 aromatic heterocycles. The molecule has 1 N–H and O–H groups in total. The Kier molecular flexibility index (Phi) is 5.45. The van der Waals surface area contributed by atoms with Gasteiger partial charge in [0.1, 0.15) is 6.54 Å². The number of halogens is 1. The highest BCUT2D eigenvalue weighted by Crippen LogP contribution is 2.19. The highest BCUT2D eigenvalue weighted by Gasteiger charge is 2.25. The summed E-state index contributed by atoms with van der Waals surface area (Å²) >= 11 is 0. The Bertz CT molecular complexity index is 946. The van der Waals surface area contributed by atoms with Crippen molar-refractivity contribution in [3.8, 4) is 0 Å². The number of para-hydroxylation sites is 2. The maximum Gasteiger partial charge on any atom is 0.329 e. The van der Waals surface area contributed by atoms with E-state index < -0.39 is 0 Å². The number of aromatic nitrogens is 4. The highest BCUT2D eigenvalue weighted by atomic mass is 35.5. The third kappa shape index (κ3) is 3.15. The standard InChI is InChI=1S/C17H22N6O2.ClH/c1-3-22-12-6-4-5-7-13(12)23(17(22)24)11-15-19-16(20-25-15)14-10-18-8-9-21(14)2;/h4-7,14,18H,3,8-11H2,1-2H3;1H. The molecule has 3 heterocycles. The fourth-order valence-corrected chi connectivity index (χ4v) is 3.43. The van der Waals surface area contributed by atoms with Gasteiger partial charge in [-0.15, -0.1) is 12.4 Å². The Balaban J connectivity index is 0.00000196. The molecule has 0 aliphatic carbocycles. The Morgan fingerprint density at radius 2 is 2.00 bits per heavy atom. The minimum absolute atomic E-state index is 0. The van der Waals surface area contributed by atoms with Crippen molar-refractivity contribution in [3.05, 3.63) is 46.5 Å². The van der Waals surface area contributed by atoms with Crippen LogP contribution in [0.25, 0.3) is 11.0 Å². The molecule has 0 spiro atoms. The van der Waals surface area contributed by atoms with Crippen LogP contribution in [0.15, 0.2) is 33.6 Å². The van der Waals surface area contributed by atoms with Gasteiger partial charge in [-0.2, -0.15) is 4.98 Å². The summed E-state index contributed by atoms with van der Waals surface area (Å²) in [6.45, 7) is 5.57. The van der Waals surface area contributed by atoms with Gasteiger partial charge in [-0.25, -0.2) is 4.79 Å². The van der Waals surface area contributed by atoms with Gasteiger partial charge in [-0.3, -0.25) is 14.0 Å². The van der Waals surface area contributed by atoms with Crippen molar-refractivity contribution >= 4 is 23.4 Å². The first-order chi connectivity index (χ1) is 12.2. The number of nitrogens with one attached hydrogen (secondary N) is 1. The molecule has 4 rings (SSSR count). The molecule has 1 atom stereocenters. The maximum absolute atomic E-state index is 12.7. The molecule has 1 aromatic carbocycles. The average molecular weight is 379 g/mol. The summed E-state index contributed by atoms with van der Waals surface area (Å²) in [5.41, 5.74) is 1.75. The molecule has 1 unspecified atom stereocenters. The highest BCUT2D eigenvalue weighted by molar-refractivity contribution is 5.85. The van der Waals surface area contributed by atoms with E-state index in [2.05, 4.69) is 27.4 Å². The lowest BCUT2D eigenvalue weighted by molar-refractivity contribution is 0.190. The summed E-state index contributed by atoms with van der Waals surface area (Å²) in [6.07, 6.45) is 0. The maximum atomic E-state index is 12.7. The number of imidazole rings is 1. The van der Waals surface area contributed by atoms with Crippen LogP contribution in [0.3, 0.4) is 0 Å². The molecule has 0 bridgehead atoms. The van der Waals surface area contributed by atoms with Crippen LogP contribution in [0.2, 0.25) is 0 Å². The molecule has 1 aliphatic rings. The van der Waals surface area contributed by atoms with Gasteiger partial charge >= 0.3 is 5.69 Å². The van der Waals surface area contributed by atoms with Gasteiger partial charge in [-0.05, 0) is 26.1 Å². The number of hydrogen-bond donors (Lipinski definition) is 1. The number of rotatable bonds is 4. The lowest BCUT2D eigenvalue weighted by Crippen LogP contribution is -2.44. The average Bonchev–Trinajstić information content (AvgIpc) is 3.19. The molecule has 1 aliphatic heterocycles. The van der Waals surface area contributed by atoms with E-state index in [4.69, 9.17) is 4.52 Å². The first-order valence-corrected chi connectivity index (χ1v) is 8.60. The van der Waals surface area contributed by atoms with Crippen molar-refractivity contribution in [3.63, 3.8) is 0 Å². The molecule has 8 nitrogen and oxygen atoms in total. The molecular weight excluding hydrogens is 356 g/mol. The smallest absolute Gasteiger partial charge is 0.329 e. The molecule has 26 heavy (non-hydrogen) atoms. The molecule has 1 saturated heterocycles. The normalized spacial score (nSPS) is 18.2. The van der Waals surface area contributed by atoms with Crippen LogP contribution in [0.5, 0.6) is 0 Å². The first kappa shape index (κ1) is 18.6. The Morgan fingerprint density at radius 1 is 1.27 bits per heavy atom. The summed E-state index contributed by atoms with van der Waals surface area (Å²) in [4.78, 5) is 19.4. The molecule has 0 saturated carbocycles. The number of likely N-dealkylation sites (N-methyl/N-ethyl adjacent to an activating group) is 1. The van der Waals surface area contributed by atoms with Gasteiger partial charge in [0.25, 0.3) is 0 Å². The summed E-state index contributed by atoms with van der Waals surface area (Å²) in [5.74, 6) is 1.12. The van der Waals surface area contributed by atoms with E-state index in [1.54, 1.807) is 9.13 Å². The quantitative estimate of drug-likeness (QED) is 0.736. The second-order valence-corrected chi connectivity index (χ2v) is 6.35. The minimum atomic E-state index is -0.0556. The number of fused-ring (bicyclic) bond motifs is 1. The van der Waals surface area contributed by atoms with E-state index in [-0.39, 0.29) is 30.7 Å². The number of hydrogen-bond acceptors (Lipinski definition) is 6.